The number of aromatic nitrogens is 2. The van der Waals surface area contributed by atoms with Crippen LogP contribution in [0.3, 0.4) is 0 Å². The van der Waals surface area contributed by atoms with Crippen molar-refractivity contribution in [3.05, 3.63) is 48.0 Å². The smallest absolute Gasteiger partial charge is 0.131 e. The van der Waals surface area contributed by atoms with E-state index >= 15 is 0 Å². The third-order valence-electron chi connectivity index (χ3n) is 4.44. The molecule has 2 nitrogen and oxygen atoms in total. The third kappa shape index (κ3) is 4.16. The van der Waals surface area contributed by atoms with Gasteiger partial charge >= 0.3 is 0 Å². The highest BCUT2D eigenvalue weighted by atomic mass is 14.9. The van der Waals surface area contributed by atoms with Gasteiger partial charge in [-0.3, -0.25) is 0 Å². The molecular formula is C20H28N2. The van der Waals surface area contributed by atoms with Gasteiger partial charge in [0.25, 0.3) is 0 Å². The first kappa shape index (κ1) is 16.7. The molecule has 0 spiro atoms. The van der Waals surface area contributed by atoms with Crippen LogP contribution < -0.4 is 0 Å². The van der Waals surface area contributed by atoms with Crippen molar-refractivity contribution in [3.8, 4) is 11.1 Å². The Balaban J connectivity index is 0.000000847. The van der Waals surface area contributed by atoms with E-state index in [4.69, 9.17) is 0 Å². The fourth-order valence-electron chi connectivity index (χ4n) is 2.96. The zero-order valence-corrected chi connectivity index (χ0v) is 14.3. The molecule has 1 saturated carbocycles. The van der Waals surface area contributed by atoms with Crippen molar-refractivity contribution < 1.29 is 0 Å². The predicted octanol–water partition coefficient (Wildman–Crippen LogP) is 5.77. The van der Waals surface area contributed by atoms with Crippen molar-refractivity contribution in [1.82, 2.24) is 9.97 Å². The van der Waals surface area contributed by atoms with E-state index in [2.05, 4.69) is 48.1 Å². The van der Waals surface area contributed by atoms with E-state index in [0.29, 0.717) is 5.92 Å². The van der Waals surface area contributed by atoms with Crippen molar-refractivity contribution in [2.75, 3.05) is 0 Å². The highest BCUT2D eigenvalue weighted by Gasteiger charge is 2.21. The van der Waals surface area contributed by atoms with Crippen LogP contribution in [0.25, 0.3) is 11.1 Å². The molecule has 0 saturated heterocycles. The normalized spacial score (nSPS) is 20.9. The largest absolute Gasteiger partial charge is 0.240 e. The Morgan fingerprint density at radius 2 is 1.36 bits per heavy atom. The Morgan fingerprint density at radius 3 is 1.91 bits per heavy atom. The van der Waals surface area contributed by atoms with Gasteiger partial charge in [-0.05, 0) is 31.2 Å². The lowest BCUT2D eigenvalue weighted by molar-refractivity contribution is 0.339. The molecule has 0 unspecified atom stereocenters. The quantitative estimate of drug-likeness (QED) is 0.703. The van der Waals surface area contributed by atoms with Crippen LogP contribution in [0, 0.1) is 12.8 Å². The van der Waals surface area contributed by atoms with Crippen LogP contribution in [0.4, 0.5) is 0 Å². The van der Waals surface area contributed by atoms with E-state index in [1.54, 1.807) is 0 Å². The topological polar surface area (TPSA) is 25.8 Å². The molecule has 1 aromatic carbocycles. The second-order valence-electron chi connectivity index (χ2n) is 6.15. The van der Waals surface area contributed by atoms with Crippen LogP contribution in [-0.2, 0) is 0 Å². The van der Waals surface area contributed by atoms with Gasteiger partial charge in [-0.15, -0.1) is 0 Å². The molecule has 1 heterocycles. The first-order chi connectivity index (χ1) is 10.7. The van der Waals surface area contributed by atoms with Crippen LogP contribution in [0.2, 0.25) is 0 Å². The molecule has 1 fully saturated rings. The Hall–Kier alpha value is -1.70. The molecule has 1 aliphatic carbocycles. The highest BCUT2D eigenvalue weighted by Crippen LogP contribution is 2.34. The fraction of sp³-hybridized carbons (Fsp3) is 0.500. The van der Waals surface area contributed by atoms with Gasteiger partial charge in [-0.25, -0.2) is 9.97 Å². The lowest BCUT2D eigenvalue weighted by Gasteiger charge is -2.24. The Bertz CT molecular complexity index is 549. The number of rotatable bonds is 2. The molecule has 1 aromatic heterocycles. The van der Waals surface area contributed by atoms with Crippen molar-refractivity contribution in [2.24, 2.45) is 5.92 Å². The molecule has 2 aromatic rings. The van der Waals surface area contributed by atoms with Crippen molar-refractivity contribution >= 4 is 0 Å². The number of hydrogen-bond acceptors (Lipinski definition) is 2. The van der Waals surface area contributed by atoms with Crippen LogP contribution in [-0.4, -0.2) is 9.97 Å². The van der Waals surface area contributed by atoms with E-state index < -0.39 is 0 Å². The maximum absolute atomic E-state index is 4.62. The van der Waals surface area contributed by atoms with Gasteiger partial charge in [0.15, 0.2) is 0 Å². The predicted molar refractivity (Wildman–Crippen MR) is 93.9 cm³/mol. The van der Waals surface area contributed by atoms with Gasteiger partial charge in [0, 0.05) is 23.9 Å². The lowest BCUT2D eigenvalue weighted by atomic mass is 9.82. The van der Waals surface area contributed by atoms with Crippen molar-refractivity contribution in [2.45, 2.75) is 59.3 Å². The third-order valence-corrected chi connectivity index (χ3v) is 4.44. The summed E-state index contributed by atoms with van der Waals surface area (Å²) in [5.41, 5.74) is 3.58. The first-order valence-electron chi connectivity index (χ1n) is 8.61. The summed E-state index contributed by atoms with van der Waals surface area (Å²) in [5.74, 6) is 2.48. The van der Waals surface area contributed by atoms with Gasteiger partial charge in [-0.1, -0.05) is 63.4 Å². The van der Waals surface area contributed by atoms with Crippen molar-refractivity contribution in [1.29, 1.82) is 0 Å². The molecule has 0 aliphatic heterocycles. The van der Waals surface area contributed by atoms with Gasteiger partial charge < -0.3 is 0 Å². The maximum Gasteiger partial charge on any atom is 0.131 e. The van der Waals surface area contributed by atoms with Crippen LogP contribution in [0.1, 0.15) is 63.8 Å². The minimum Gasteiger partial charge on any atom is -0.240 e. The lowest BCUT2D eigenvalue weighted by Crippen LogP contribution is -2.13. The Labute approximate surface area is 135 Å². The zero-order chi connectivity index (χ0) is 15.9. The Morgan fingerprint density at radius 1 is 0.818 bits per heavy atom. The first-order valence-corrected chi connectivity index (χ1v) is 8.61. The molecule has 0 atom stereocenters. The Kier molecular flexibility index (Phi) is 6.11. The van der Waals surface area contributed by atoms with E-state index in [1.165, 1.54) is 36.8 Å². The standard InChI is InChI=1S/C18H22N2.C2H6/c1-13-3-7-15(8-4-13)17-11-19-18(20-12-17)16-9-5-14(2)6-10-16;1-2/h3-4,7-8,11-12,14,16H,5-6,9-10H2,1-2H3;1-2H3. The van der Waals surface area contributed by atoms with Gasteiger partial charge in [0.1, 0.15) is 5.82 Å². The van der Waals surface area contributed by atoms with Gasteiger partial charge in [-0.2, -0.15) is 0 Å². The average Bonchev–Trinajstić information content (AvgIpc) is 2.58. The molecule has 3 rings (SSSR count). The van der Waals surface area contributed by atoms with E-state index in [-0.39, 0.29) is 0 Å². The van der Waals surface area contributed by atoms with Gasteiger partial charge in [0.05, 0.1) is 0 Å². The SMILES string of the molecule is CC.Cc1ccc(-c2cnc(C3CCC(C)CC3)nc2)cc1. The second-order valence-corrected chi connectivity index (χ2v) is 6.15. The fourth-order valence-corrected chi connectivity index (χ4v) is 2.96. The summed E-state index contributed by atoms with van der Waals surface area (Å²) >= 11 is 0. The van der Waals surface area contributed by atoms with E-state index in [1.807, 2.05) is 26.2 Å². The molecule has 22 heavy (non-hydrogen) atoms. The number of aryl methyl sites for hydroxylation is 1. The minimum atomic E-state index is 0.568. The molecule has 0 amide bonds. The molecule has 118 valence electrons. The average molecular weight is 296 g/mol. The summed E-state index contributed by atoms with van der Waals surface area (Å²) in [4.78, 5) is 9.23. The zero-order valence-electron chi connectivity index (χ0n) is 14.3. The number of benzene rings is 1. The molecule has 1 aliphatic rings. The second kappa shape index (κ2) is 8.07. The number of hydrogen-bond donors (Lipinski definition) is 0. The minimum absolute atomic E-state index is 0.568. The summed E-state index contributed by atoms with van der Waals surface area (Å²) in [5, 5.41) is 0. The van der Waals surface area contributed by atoms with Crippen molar-refractivity contribution in [3.63, 3.8) is 0 Å². The maximum atomic E-state index is 4.62. The van der Waals surface area contributed by atoms with E-state index in [9.17, 15) is 0 Å². The van der Waals surface area contributed by atoms with Crippen LogP contribution in [0.15, 0.2) is 36.7 Å². The van der Waals surface area contributed by atoms with Gasteiger partial charge in [0.2, 0.25) is 0 Å². The monoisotopic (exact) mass is 296 g/mol. The summed E-state index contributed by atoms with van der Waals surface area (Å²) in [6, 6.07) is 8.53. The van der Waals surface area contributed by atoms with Crippen LogP contribution >= 0.6 is 0 Å². The number of nitrogens with zero attached hydrogens (tertiary/aromatic N) is 2. The molecule has 0 N–H and O–H groups in total. The summed E-state index contributed by atoms with van der Waals surface area (Å²) < 4.78 is 0. The molecule has 0 bridgehead atoms. The summed E-state index contributed by atoms with van der Waals surface area (Å²) in [7, 11) is 0. The molecule has 2 heteroatoms. The highest BCUT2D eigenvalue weighted by molar-refractivity contribution is 5.61. The molecule has 0 radical (unpaired) electrons. The summed E-state index contributed by atoms with van der Waals surface area (Å²) in [6.07, 6.45) is 9.06. The van der Waals surface area contributed by atoms with Crippen LogP contribution in [0.5, 0.6) is 0 Å². The van der Waals surface area contributed by atoms with E-state index in [0.717, 1.165) is 17.3 Å². The molecular weight excluding hydrogens is 268 g/mol. The summed E-state index contributed by atoms with van der Waals surface area (Å²) in [6.45, 7) is 8.45.